The first-order valence-electron chi connectivity index (χ1n) is 8.87. The van der Waals surface area contributed by atoms with Gasteiger partial charge in [-0.05, 0) is 29.8 Å². The van der Waals surface area contributed by atoms with Crippen LogP contribution in [-0.4, -0.2) is 22.7 Å². The molecule has 6 nitrogen and oxygen atoms in total. The molecule has 0 bridgehead atoms. The molecule has 6 heteroatoms. The zero-order valence-corrected chi connectivity index (χ0v) is 15.0. The van der Waals surface area contributed by atoms with Crippen LogP contribution < -0.4 is 10.9 Å². The number of hydrazone groups is 1. The van der Waals surface area contributed by atoms with Gasteiger partial charge in [-0.25, -0.2) is 5.43 Å². The predicted octanol–water partition coefficient (Wildman–Crippen LogP) is 2.94. The zero-order valence-electron chi connectivity index (χ0n) is 15.0. The Morgan fingerprint density at radius 3 is 2.00 bits per heavy atom. The van der Waals surface area contributed by atoms with Crippen molar-refractivity contribution in [2.45, 2.75) is 6.54 Å². The van der Waals surface area contributed by atoms with Gasteiger partial charge in [-0.1, -0.05) is 60.7 Å². The summed E-state index contributed by atoms with van der Waals surface area (Å²) in [5.74, 6) is -0.0635. The number of fused-ring (bicyclic) bond motifs is 1. The summed E-state index contributed by atoms with van der Waals surface area (Å²) in [5, 5.41) is 5.94. The quantitative estimate of drug-likeness (QED) is 0.694. The van der Waals surface area contributed by atoms with Crippen LogP contribution in [0.5, 0.6) is 0 Å². The van der Waals surface area contributed by atoms with Crippen LogP contribution in [0, 0.1) is 0 Å². The molecule has 0 aliphatic carbocycles. The van der Waals surface area contributed by atoms with Crippen LogP contribution in [0.2, 0.25) is 0 Å². The number of hydrogen-bond acceptors (Lipinski definition) is 3. The van der Waals surface area contributed by atoms with Crippen LogP contribution in [0.25, 0.3) is 0 Å². The van der Waals surface area contributed by atoms with Gasteiger partial charge in [-0.15, -0.1) is 0 Å². The first kappa shape index (κ1) is 17.5. The van der Waals surface area contributed by atoms with Crippen molar-refractivity contribution in [1.82, 2.24) is 15.9 Å². The minimum absolute atomic E-state index is 0.240. The van der Waals surface area contributed by atoms with Gasteiger partial charge in [0.25, 0.3) is 11.8 Å². The maximum absolute atomic E-state index is 12.6. The number of nitrogens with one attached hydrogen (secondary N) is 2. The lowest BCUT2D eigenvalue weighted by Gasteiger charge is -2.20. The van der Waals surface area contributed by atoms with Gasteiger partial charge >= 0.3 is 0 Å². The van der Waals surface area contributed by atoms with Crippen molar-refractivity contribution >= 4 is 17.6 Å². The van der Waals surface area contributed by atoms with Crippen molar-refractivity contribution in [3.8, 4) is 0 Å². The summed E-state index contributed by atoms with van der Waals surface area (Å²) >= 11 is 0. The minimum atomic E-state index is -0.313. The van der Waals surface area contributed by atoms with Crippen LogP contribution in [0.15, 0.2) is 90.0 Å². The van der Waals surface area contributed by atoms with Crippen molar-refractivity contribution in [3.63, 3.8) is 0 Å². The Morgan fingerprint density at radius 2 is 1.32 bits per heavy atom. The Morgan fingerprint density at radius 1 is 0.750 bits per heavy atom. The van der Waals surface area contributed by atoms with Gasteiger partial charge in [-0.3, -0.25) is 20.0 Å². The van der Waals surface area contributed by atoms with Gasteiger partial charge in [0.2, 0.25) is 0 Å². The summed E-state index contributed by atoms with van der Waals surface area (Å²) in [6.07, 6.45) is 0. The topological polar surface area (TPSA) is 73.8 Å². The highest BCUT2D eigenvalue weighted by Crippen LogP contribution is 2.21. The number of amidine groups is 1. The van der Waals surface area contributed by atoms with E-state index in [4.69, 9.17) is 0 Å². The molecule has 0 aromatic heterocycles. The van der Waals surface area contributed by atoms with E-state index in [2.05, 4.69) is 16.0 Å². The molecule has 0 fully saturated rings. The second-order valence-corrected chi connectivity index (χ2v) is 6.29. The van der Waals surface area contributed by atoms with Crippen LogP contribution in [0.1, 0.15) is 31.8 Å². The molecule has 1 heterocycles. The summed E-state index contributed by atoms with van der Waals surface area (Å²) in [6.45, 7) is 0.467. The molecule has 2 amide bonds. The molecule has 1 aliphatic heterocycles. The monoisotopic (exact) mass is 370 g/mol. The third-order valence-electron chi connectivity index (χ3n) is 4.41. The van der Waals surface area contributed by atoms with Crippen molar-refractivity contribution < 1.29 is 9.59 Å². The molecule has 3 aromatic rings. The van der Waals surface area contributed by atoms with E-state index in [1.165, 1.54) is 0 Å². The van der Waals surface area contributed by atoms with E-state index in [9.17, 15) is 9.59 Å². The van der Waals surface area contributed by atoms with E-state index < -0.39 is 0 Å². The number of amides is 2. The molecule has 4 rings (SSSR count). The third kappa shape index (κ3) is 3.61. The Labute approximate surface area is 162 Å². The molecule has 138 valence electrons. The van der Waals surface area contributed by atoms with E-state index in [1.807, 2.05) is 48.5 Å². The lowest BCUT2D eigenvalue weighted by atomic mass is 10.1. The molecule has 0 saturated carbocycles. The lowest BCUT2D eigenvalue weighted by Crippen LogP contribution is -2.43. The van der Waals surface area contributed by atoms with Crippen molar-refractivity contribution in [1.29, 1.82) is 0 Å². The fourth-order valence-electron chi connectivity index (χ4n) is 3.01. The third-order valence-corrected chi connectivity index (χ3v) is 4.41. The molecule has 28 heavy (non-hydrogen) atoms. The Bertz CT molecular complexity index is 1030. The summed E-state index contributed by atoms with van der Waals surface area (Å²) in [4.78, 5) is 24.9. The van der Waals surface area contributed by atoms with Crippen molar-refractivity contribution in [2.24, 2.45) is 5.10 Å². The van der Waals surface area contributed by atoms with Gasteiger partial charge in [0.15, 0.2) is 5.84 Å². The van der Waals surface area contributed by atoms with Crippen LogP contribution in [-0.2, 0) is 6.54 Å². The Balaban J connectivity index is 1.57. The summed E-state index contributed by atoms with van der Waals surface area (Å²) in [7, 11) is 0. The van der Waals surface area contributed by atoms with E-state index in [-0.39, 0.29) is 11.8 Å². The highest BCUT2D eigenvalue weighted by atomic mass is 16.2. The van der Waals surface area contributed by atoms with Gasteiger partial charge in [0.1, 0.15) is 0 Å². The number of benzene rings is 3. The standard InChI is InChI=1S/C22H18N4O2/c27-21(16-9-3-1-4-10-16)24-23-20-19-14-8-7-13-18(19)15-26(20)25-22(28)17-11-5-2-6-12-17/h1-14H,15H2,(H,24,27)(H,25,28)/b23-20-. The van der Waals surface area contributed by atoms with E-state index >= 15 is 0 Å². The first-order valence-corrected chi connectivity index (χ1v) is 8.87. The second-order valence-electron chi connectivity index (χ2n) is 6.29. The first-order chi connectivity index (χ1) is 13.7. The number of hydrazine groups is 1. The normalized spacial score (nSPS) is 13.9. The van der Waals surface area contributed by atoms with Gasteiger partial charge < -0.3 is 0 Å². The number of rotatable bonds is 4. The molecule has 0 unspecified atom stereocenters. The van der Waals surface area contributed by atoms with E-state index in [0.717, 1.165) is 11.1 Å². The van der Waals surface area contributed by atoms with E-state index in [1.54, 1.807) is 41.4 Å². The lowest BCUT2D eigenvalue weighted by molar-refractivity contribution is 0.0869. The van der Waals surface area contributed by atoms with Crippen LogP contribution in [0.4, 0.5) is 0 Å². The molecular formula is C22H18N4O2. The SMILES string of the molecule is O=C(N/N=C1/c2ccccc2CN1NC(=O)c1ccccc1)c1ccccc1. The highest BCUT2D eigenvalue weighted by molar-refractivity contribution is 6.05. The molecule has 3 aromatic carbocycles. The number of nitrogens with zero attached hydrogens (tertiary/aromatic N) is 2. The average molecular weight is 370 g/mol. The van der Waals surface area contributed by atoms with Gasteiger partial charge in [0.05, 0.1) is 6.54 Å². The number of hydrogen-bond donors (Lipinski definition) is 2. The largest absolute Gasteiger partial charge is 0.271 e. The van der Waals surface area contributed by atoms with Crippen LogP contribution >= 0.6 is 0 Å². The number of carbonyl (C=O) groups excluding carboxylic acids is 2. The predicted molar refractivity (Wildman–Crippen MR) is 106 cm³/mol. The fourth-order valence-corrected chi connectivity index (χ4v) is 3.01. The zero-order chi connectivity index (χ0) is 19.3. The van der Waals surface area contributed by atoms with Crippen molar-refractivity contribution in [3.05, 3.63) is 107 Å². The summed E-state index contributed by atoms with van der Waals surface area (Å²) < 4.78 is 0. The van der Waals surface area contributed by atoms with Crippen molar-refractivity contribution in [2.75, 3.05) is 0 Å². The molecule has 0 atom stereocenters. The summed E-state index contributed by atoms with van der Waals surface area (Å²) in [6, 6.07) is 25.5. The maximum atomic E-state index is 12.6. The molecule has 0 spiro atoms. The molecule has 1 aliphatic rings. The Kier molecular flexibility index (Phi) is 4.84. The highest BCUT2D eigenvalue weighted by Gasteiger charge is 2.27. The minimum Gasteiger partial charge on any atom is -0.267 e. The van der Waals surface area contributed by atoms with Crippen LogP contribution in [0.3, 0.4) is 0 Å². The fraction of sp³-hybridized carbons (Fsp3) is 0.0455. The average Bonchev–Trinajstić information content (AvgIpc) is 3.10. The molecular weight excluding hydrogens is 352 g/mol. The smallest absolute Gasteiger partial charge is 0.267 e. The Hall–Kier alpha value is -3.93. The van der Waals surface area contributed by atoms with Gasteiger partial charge in [-0.2, -0.15) is 5.10 Å². The number of carbonyl (C=O) groups is 2. The molecule has 2 N–H and O–H groups in total. The maximum Gasteiger partial charge on any atom is 0.271 e. The summed E-state index contributed by atoms with van der Waals surface area (Å²) in [5.41, 5.74) is 8.39. The second kappa shape index (κ2) is 7.75. The molecule has 0 saturated heterocycles. The van der Waals surface area contributed by atoms with Gasteiger partial charge in [0, 0.05) is 16.7 Å². The van der Waals surface area contributed by atoms with E-state index in [0.29, 0.717) is 23.5 Å². The molecule has 0 radical (unpaired) electrons.